The Balaban J connectivity index is 1.87. The Hall–Kier alpha value is -1.43. The van der Waals surface area contributed by atoms with Gasteiger partial charge in [0, 0.05) is 11.3 Å². The molecule has 6 heteroatoms. The molecule has 2 heterocycles. The molecule has 1 aliphatic rings. The van der Waals surface area contributed by atoms with Gasteiger partial charge in [0.15, 0.2) is 11.0 Å². The summed E-state index contributed by atoms with van der Waals surface area (Å²) in [7, 11) is 0. The molecule has 2 aromatic rings. The average molecular weight is 236 g/mol. The minimum Gasteiger partial charge on any atom is -0.375 e. The Bertz CT molecular complexity index is 486. The lowest BCUT2D eigenvalue weighted by Gasteiger charge is -1.99. The lowest BCUT2D eigenvalue weighted by molar-refractivity contribution is 0.415. The van der Waals surface area contributed by atoms with Crippen LogP contribution < -0.4 is 5.73 Å². The molecular formula is C10H12N4OS. The molecular weight excluding hydrogens is 224 g/mol. The van der Waals surface area contributed by atoms with E-state index in [1.54, 1.807) is 0 Å². The topological polar surface area (TPSA) is 77.8 Å². The largest absolute Gasteiger partial charge is 0.375 e. The zero-order valence-corrected chi connectivity index (χ0v) is 9.54. The van der Waals surface area contributed by atoms with E-state index < -0.39 is 0 Å². The number of hydrogen-bond acceptors (Lipinski definition) is 6. The second-order valence-electron chi connectivity index (χ2n) is 4.01. The Morgan fingerprint density at radius 2 is 2.12 bits per heavy atom. The maximum Gasteiger partial charge on any atom is 0.277 e. The van der Waals surface area contributed by atoms with Crippen molar-refractivity contribution in [2.45, 2.75) is 31.6 Å². The molecule has 0 bridgehead atoms. The maximum absolute atomic E-state index is 5.56. The van der Waals surface area contributed by atoms with Crippen LogP contribution in [-0.4, -0.2) is 15.1 Å². The maximum atomic E-state index is 5.56. The molecule has 2 N–H and O–H groups in total. The van der Waals surface area contributed by atoms with Gasteiger partial charge in [0.25, 0.3) is 5.89 Å². The summed E-state index contributed by atoms with van der Waals surface area (Å²) in [6, 6.07) is 0. The van der Waals surface area contributed by atoms with Crippen LogP contribution >= 0.6 is 11.3 Å². The number of thiazole rings is 1. The van der Waals surface area contributed by atoms with Crippen molar-refractivity contribution in [1.82, 2.24) is 15.1 Å². The van der Waals surface area contributed by atoms with Crippen LogP contribution in [0.25, 0.3) is 11.6 Å². The summed E-state index contributed by atoms with van der Waals surface area (Å²) < 4.78 is 5.20. The molecule has 84 valence electrons. The van der Waals surface area contributed by atoms with Crippen molar-refractivity contribution in [3.05, 3.63) is 11.2 Å². The van der Waals surface area contributed by atoms with Crippen LogP contribution in [0, 0.1) is 0 Å². The van der Waals surface area contributed by atoms with Crippen molar-refractivity contribution in [2.75, 3.05) is 5.73 Å². The predicted octanol–water partition coefficient (Wildman–Crippen LogP) is 2.43. The summed E-state index contributed by atoms with van der Waals surface area (Å²) in [4.78, 5) is 8.51. The van der Waals surface area contributed by atoms with Gasteiger partial charge in [-0.2, -0.15) is 4.98 Å². The third kappa shape index (κ3) is 1.69. The number of aromatic nitrogens is 3. The fourth-order valence-corrected chi connectivity index (χ4v) is 2.61. The number of hydrogen-bond donors (Lipinski definition) is 1. The molecule has 0 aliphatic heterocycles. The Morgan fingerprint density at radius 1 is 1.31 bits per heavy atom. The summed E-state index contributed by atoms with van der Waals surface area (Å²) >= 11 is 1.38. The molecule has 1 fully saturated rings. The molecule has 0 amide bonds. The fraction of sp³-hybridized carbons (Fsp3) is 0.500. The second kappa shape index (κ2) is 3.86. The number of nitrogens with zero attached hydrogens (tertiary/aromatic N) is 3. The van der Waals surface area contributed by atoms with Gasteiger partial charge >= 0.3 is 0 Å². The van der Waals surface area contributed by atoms with Gasteiger partial charge in [-0.25, -0.2) is 4.98 Å². The third-order valence-corrected chi connectivity index (χ3v) is 3.58. The van der Waals surface area contributed by atoms with E-state index in [9.17, 15) is 0 Å². The first kappa shape index (κ1) is 9.77. The first-order valence-corrected chi connectivity index (χ1v) is 6.26. The smallest absolute Gasteiger partial charge is 0.277 e. The Morgan fingerprint density at radius 3 is 2.81 bits per heavy atom. The Labute approximate surface area is 96.7 Å². The normalized spacial score (nSPS) is 17.0. The minimum atomic E-state index is 0.466. The van der Waals surface area contributed by atoms with E-state index in [4.69, 9.17) is 10.3 Å². The summed E-state index contributed by atoms with van der Waals surface area (Å²) in [6.07, 6.45) is 4.85. The molecule has 3 rings (SSSR count). The molecule has 0 spiro atoms. The van der Waals surface area contributed by atoms with Crippen molar-refractivity contribution >= 4 is 16.5 Å². The molecule has 0 saturated heterocycles. The number of anilines is 1. The molecule has 1 aliphatic carbocycles. The van der Waals surface area contributed by atoms with Gasteiger partial charge in [-0.1, -0.05) is 18.0 Å². The van der Waals surface area contributed by atoms with E-state index in [1.807, 2.05) is 5.38 Å². The highest BCUT2D eigenvalue weighted by Gasteiger charge is 2.23. The van der Waals surface area contributed by atoms with E-state index in [0.29, 0.717) is 22.6 Å². The summed E-state index contributed by atoms with van der Waals surface area (Å²) in [6.45, 7) is 0. The standard InChI is InChI=1S/C10H12N4OS/c11-10-12-7(5-16-10)9-13-8(14-15-9)6-3-1-2-4-6/h5-6H,1-4H2,(H2,11,12). The fourth-order valence-electron chi connectivity index (χ4n) is 2.07. The van der Waals surface area contributed by atoms with Gasteiger partial charge in [0.1, 0.15) is 5.69 Å². The monoisotopic (exact) mass is 236 g/mol. The second-order valence-corrected chi connectivity index (χ2v) is 4.90. The van der Waals surface area contributed by atoms with Crippen LogP contribution in [0.3, 0.4) is 0 Å². The zero-order chi connectivity index (χ0) is 11.0. The summed E-state index contributed by atoms with van der Waals surface area (Å²) in [5.74, 6) is 1.77. The van der Waals surface area contributed by atoms with Gasteiger partial charge in [0.05, 0.1) is 0 Å². The van der Waals surface area contributed by atoms with Gasteiger partial charge < -0.3 is 10.3 Å². The predicted molar refractivity (Wildman–Crippen MR) is 61.0 cm³/mol. The summed E-state index contributed by atoms with van der Waals surface area (Å²) in [5, 5.41) is 6.38. The van der Waals surface area contributed by atoms with Gasteiger partial charge in [-0.15, -0.1) is 11.3 Å². The van der Waals surface area contributed by atoms with E-state index in [-0.39, 0.29) is 0 Å². The van der Waals surface area contributed by atoms with E-state index in [0.717, 1.165) is 18.7 Å². The molecule has 0 atom stereocenters. The van der Waals surface area contributed by atoms with E-state index in [2.05, 4.69) is 15.1 Å². The summed E-state index contributed by atoms with van der Waals surface area (Å²) in [5.41, 5.74) is 6.24. The van der Waals surface area contributed by atoms with Crippen molar-refractivity contribution in [3.63, 3.8) is 0 Å². The molecule has 5 nitrogen and oxygen atoms in total. The van der Waals surface area contributed by atoms with Crippen molar-refractivity contribution in [2.24, 2.45) is 0 Å². The highest BCUT2D eigenvalue weighted by molar-refractivity contribution is 7.13. The van der Waals surface area contributed by atoms with Gasteiger partial charge in [0.2, 0.25) is 0 Å². The highest BCUT2D eigenvalue weighted by Crippen LogP contribution is 2.33. The molecule has 1 saturated carbocycles. The van der Waals surface area contributed by atoms with E-state index >= 15 is 0 Å². The highest BCUT2D eigenvalue weighted by atomic mass is 32.1. The first-order chi connectivity index (χ1) is 7.83. The van der Waals surface area contributed by atoms with Gasteiger partial charge in [-0.3, -0.25) is 0 Å². The lowest BCUT2D eigenvalue weighted by atomic mass is 10.1. The Kier molecular flexibility index (Phi) is 2.36. The minimum absolute atomic E-state index is 0.466. The number of rotatable bonds is 2. The van der Waals surface area contributed by atoms with Crippen LogP contribution in [0.15, 0.2) is 9.90 Å². The average Bonchev–Trinajstić information content (AvgIpc) is 2.97. The number of nitrogens with two attached hydrogens (primary N) is 1. The van der Waals surface area contributed by atoms with Crippen LogP contribution in [0.2, 0.25) is 0 Å². The quantitative estimate of drug-likeness (QED) is 0.866. The molecule has 0 radical (unpaired) electrons. The van der Waals surface area contributed by atoms with Crippen LogP contribution in [0.1, 0.15) is 37.4 Å². The lowest BCUT2D eigenvalue weighted by Crippen LogP contribution is -1.94. The van der Waals surface area contributed by atoms with Crippen molar-refractivity contribution in [1.29, 1.82) is 0 Å². The van der Waals surface area contributed by atoms with Gasteiger partial charge in [-0.05, 0) is 12.8 Å². The SMILES string of the molecule is Nc1nc(-c2nc(C3CCCC3)no2)cs1. The van der Waals surface area contributed by atoms with Crippen molar-refractivity contribution < 1.29 is 4.52 Å². The van der Waals surface area contributed by atoms with Crippen LogP contribution in [0.4, 0.5) is 5.13 Å². The third-order valence-electron chi connectivity index (χ3n) is 2.90. The first-order valence-electron chi connectivity index (χ1n) is 5.38. The zero-order valence-electron chi connectivity index (χ0n) is 8.72. The molecule has 2 aromatic heterocycles. The van der Waals surface area contributed by atoms with Crippen molar-refractivity contribution in [3.8, 4) is 11.6 Å². The van der Waals surface area contributed by atoms with Crippen LogP contribution in [-0.2, 0) is 0 Å². The molecule has 0 aromatic carbocycles. The molecule has 16 heavy (non-hydrogen) atoms. The van der Waals surface area contributed by atoms with Crippen LogP contribution in [0.5, 0.6) is 0 Å². The van der Waals surface area contributed by atoms with E-state index in [1.165, 1.54) is 24.2 Å². The number of nitrogen functional groups attached to an aromatic ring is 1. The molecule has 0 unspecified atom stereocenters.